The van der Waals surface area contributed by atoms with E-state index in [9.17, 15) is 19.7 Å². The number of carboxylic acid groups (broad SMARTS) is 1. The Morgan fingerprint density at radius 2 is 2.27 bits per heavy atom. The van der Waals surface area contributed by atoms with E-state index in [-0.39, 0.29) is 30.5 Å². The number of nitro groups is 1. The molecule has 0 spiro atoms. The minimum absolute atomic E-state index is 0.0422. The summed E-state index contributed by atoms with van der Waals surface area (Å²) in [4.78, 5) is 34.5. The average molecular weight is 310 g/mol. The molecule has 0 aromatic carbocycles. The third-order valence-electron chi connectivity index (χ3n) is 3.77. The highest BCUT2D eigenvalue weighted by atomic mass is 16.6. The number of likely N-dealkylation sites (tertiary alicyclic amines) is 1. The highest BCUT2D eigenvalue weighted by Gasteiger charge is 2.24. The molecular weight excluding hydrogens is 292 g/mol. The van der Waals surface area contributed by atoms with E-state index in [4.69, 9.17) is 5.11 Å². The number of carboxylic acids is 1. The molecule has 1 atom stereocenters. The van der Waals surface area contributed by atoms with Gasteiger partial charge in [0.15, 0.2) is 0 Å². The molecule has 1 fully saturated rings. The standard InChI is InChI=1S/C13H18N4O5/c18-12(9-16-8-11(6-14-16)17(21)22)15-5-1-2-10(7-15)3-4-13(19)20/h6,8,10H,1-5,7,9H2,(H,19,20). The predicted molar refractivity (Wildman–Crippen MR) is 75.1 cm³/mol. The first-order chi connectivity index (χ1) is 10.5. The maximum atomic E-state index is 12.2. The molecule has 1 amide bonds. The zero-order valence-corrected chi connectivity index (χ0v) is 12.1. The summed E-state index contributed by atoms with van der Waals surface area (Å²) in [6.45, 7) is 1.13. The summed E-state index contributed by atoms with van der Waals surface area (Å²) < 4.78 is 1.25. The lowest BCUT2D eigenvalue weighted by molar-refractivity contribution is -0.385. The lowest BCUT2D eigenvalue weighted by Crippen LogP contribution is -2.41. The zero-order chi connectivity index (χ0) is 16.1. The first kappa shape index (κ1) is 15.9. The van der Waals surface area contributed by atoms with E-state index in [0.29, 0.717) is 19.5 Å². The van der Waals surface area contributed by atoms with Gasteiger partial charge in [0.2, 0.25) is 5.91 Å². The number of hydrogen-bond acceptors (Lipinski definition) is 5. The molecule has 0 radical (unpaired) electrons. The van der Waals surface area contributed by atoms with Crippen molar-refractivity contribution in [1.29, 1.82) is 0 Å². The van der Waals surface area contributed by atoms with Crippen LogP contribution in [0.1, 0.15) is 25.7 Å². The van der Waals surface area contributed by atoms with Crippen LogP contribution in [-0.4, -0.2) is 49.7 Å². The number of nitrogens with zero attached hydrogens (tertiary/aromatic N) is 4. The lowest BCUT2D eigenvalue weighted by Gasteiger charge is -2.32. The summed E-state index contributed by atoms with van der Waals surface area (Å²) in [5.74, 6) is -0.786. The maximum absolute atomic E-state index is 12.2. The molecule has 0 aliphatic carbocycles. The molecule has 2 heterocycles. The second-order valence-electron chi connectivity index (χ2n) is 5.43. The fourth-order valence-corrected chi connectivity index (χ4v) is 2.63. The van der Waals surface area contributed by atoms with E-state index in [1.165, 1.54) is 10.9 Å². The van der Waals surface area contributed by atoms with Crippen molar-refractivity contribution in [3.8, 4) is 0 Å². The number of aliphatic carboxylic acids is 1. The van der Waals surface area contributed by atoms with E-state index in [0.717, 1.165) is 19.0 Å². The molecule has 1 N–H and O–H groups in total. The Labute approximate surface area is 126 Å². The molecule has 1 aromatic rings. The largest absolute Gasteiger partial charge is 0.481 e. The topological polar surface area (TPSA) is 119 Å². The Kier molecular flexibility index (Phi) is 5.08. The van der Waals surface area contributed by atoms with Crippen molar-refractivity contribution in [2.45, 2.75) is 32.2 Å². The Morgan fingerprint density at radius 3 is 2.91 bits per heavy atom. The van der Waals surface area contributed by atoms with Crippen molar-refractivity contribution in [1.82, 2.24) is 14.7 Å². The maximum Gasteiger partial charge on any atom is 0.307 e. The summed E-state index contributed by atoms with van der Waals surface area (Å²) in [6.07, 6.45) is 4.77. The SMILES string of the molecule is O=C(O)CCC1CCCN(C(=O)Cn2cc([N+](=O)[O-])cn2)C1. The molecule has 1 aliphatic rings. The van der Waals surface area contributed by atoms with Crippen LogP contribution in [-0.2, 0) is 16.1 Å². The van der Waals surface area contributed by atoms with Crippen LogP contribution in [0.15, 0.2) is 12.4 Å². The minimum Gasteiger partial charge on any atom is -0.481 e. The van der Waals surface area contributed by atoms with Gasteiger partial charge in [-0.1, -0.05) is 0 Å². The quantitative estimate of drug-likeness (QED) is 0.615. The van der Waals surface area contributed by atoms with Gasteiger partial charge < -0.3 is 10.0 Å². The van der Waals surface area contributed by atoms with Crippen LogP contribution < -0.4 is 0 Å². The fraction of sp³-hybridized carbons (Fsp3) is 0.615. The molecule has 2 rings (SSSR count). The van der Waals surface area contributed by atoms with E-state index >= 15 is 0 Å². The van der Waals surface area contributed by atoms with Gasteiger partial charge >= 0.3 is 11.7 Å². The molecule has 1 aromatic heterocycles. The smallest absolute Gasteiger partial charge is 0.307 e. The second-order valence-corrected chi connectivity index (χ2v) is 5.43. The molecule has 1 saturated heterocycles. The average Bonchev–Trinajstić information content (AvgIpc) is 2.94. The zero-order valence-electron chi connectivity index (χ0n) is 12.1. The molecule has 0 bridgehead atoms. The monoisotopic (exact) mass is 310 g/mol. The van der Waals surface area contributed by atoms with Gasteiger partial charge in [-0.2, -0.15) is 5.10 Å². The van der Waals surface area contributed by atoms with Crippen molar-refractivity contribution in [3.05, 3.63) is 22.5 Å². The van der Waals surface area contributed by atoms with Crippen molar-refractivity contribution >= 4 is 17.6 Å². The number of piperidine rings is 1. The summed E-state index contributed by atoms with van der Waals surface area (Å²) in [7, 11) is 0. The molecule has 1 unspecified atom stereocenters. The number of rotatable bonds is 6. The van der Waals surface area contributed by atoms with Crippen LogP contribution in [0.2, 0.25) is 0 Å². The Bertz CT molecular complexity index is 571. The highest BCUT2D eigenvalue weighted by Crippen LogP contribution is 2.21. The Balaban J connectivity index is 1.88. The van der Waals surface area contributed by atoms with E-state index in [2.05, 4.69) is 5.10 Å². The molecule has 1 aliphatic heterocycles. The Hall–Kier alpha value is -2.45. The highest BCUT2D eigenvalue weighted by molar-refractivity contribution is 5.76. The van der Waals surface area contributed by atoms with Gasteiger partial charge in [0.25, 0.3) is 0 Å². The summed E-state index contributed by atoms with van der Waals surface area (Å²) in [6, 6.07) is 0. The summed E-state index contributed by atoms with van der Waals surface area (Å²) in [5, 5.41) is 23.1. The lowest BCUT2D eigenvalue weighted by atomic mass is 9.93. The molecule has 120 valence electrons. The van der Waals surface area contributed by atoms with Gasteiger partial charge in [0.1, 0.15) is 18.9 Å². The van der Waals surface area contributed by atoms with Crippen molar-refractivity contribution in [2.75, 3.05) is 13.1 Å². The van der Waals surface area contributed by atoms with Crippen LogP contribution >= 0.6 is 0 Å². The van der Waals surface area contributed by atoms with Gasteiger partial charge in [0.05, 0.1) is 4.92 Å². The van der Waals surface area contributed by atoms with Gasteiger partial charge in [-0.3, -0.25) is 24.4 Å². The van der Waals surface area contributed by atoms with Crippen LogP contribution in [0.5, 0.6) is 0 Å². The van der Waals surface area contributed by atoms with E-state index in [1.54, 1.807) is 4.90 Å². The van der Waals surface area contributed by atoms with Crippen molar-refractivity contribution in [3.63, 3.8) is 0 Å². The number of carbonyl (C=O) groups is 2. The van der Waals surface area contributed by atoms with Gasteiger partial charge in [-0.15, -0.1) is 0 Å². The fourth-order valence-electron chi connectivity index (χ4n) is 2.63. The first-order valence-corrected chi connectivity index (χ1v) is 7.12. The number of carbonyl (C=O) groups excluding carboxylic acids is 1. The second kappa shape index (κ2) is 7.01. The van der Waals surface area contributed by atoms with Crippen LogP contribution in [0, 0.1) is 16.0 Å². The summed E-state index contributed by atoms with van der Waals surface area (Å²) in [5.41, 5.74) is -0.147. The van der Waals surface area contributed by atoms with Gasteiger partial charge in [0, 0.05) is 19.5 Å². The normalized spacial score (nSPS) is 18.2. The van der Waals surface area contributed by atoms with Crippen molar-refractivity contribution < 1.29 is 19.6 Å². The third-order valence-corrected chi connectivity index (χ3v) is 3.77. The number of aromatic nitrogens is 2. The van der Waals surface area contributed by atoms with E-state index < -0.39 is 10.9 Å². The molecule has 9 nitrogen and oxygen atoms in total. The number of amides is 1. The Morgan fingerprint density at radius 1 is 1.50 bits per heavy atom. The van der Waals surface area contributed by atoms with Crippen molar-refractivity contribution in [2.24, 2.45) is 5.92 Å². The summed E-state index contributed by atoms with van der Waals surface area (Å²) >= 11 is 0. The van der Waals surface area contributed by atoms with Gasteiger partial charge in [-0.05, 0) is 25.2 Å². The third kappa shape index (κ3) is 4.27. The van der Waals surface area contributed by atoms with Crippen LogP contribution in [0.25, 0.3) is 0 Å². The number of hydrogen-bond donors (Lipinski definition) is 1. The molecule has 9 heteroatoms. The molecular formula is C13H18N4O5. The predicted octanol–water partition coefficient (Wildman–Crippen LogP) is 0.895. The minimum atomic E-state index is -0.827. The van der Waals surface area contributed by atoms with Crippen LogP contribution in [0.4, 0.5) is 5.69 Å². The van der Waals surface area contributed by atoms with E-state index in [1.807, 2.05) is 0 Å². The first-order valence-electron chi connectivity index (χ1n) is 7.12. The van der Waals surface area contributed by atoms with Gasteiger partial charge in [-0.25, -0.2) is 0 Å². The molecule has 22 heavy (non-hydrogen) atoms. The van der Waals surface area contributed by atoms with Crippen LogP contribution in [0.3, 0.4) is 0 Å². The molecule has 0 saturated carbocycles.